The number of nitrogens with one attached hydrogen (secondary N) is 1. The Morgan fingerprint density at radius 1 is 1.00 bits per heavy atom. The topological polar surface area (TPSA) is 58.1 Å². The van der Waals surface area contributed by atoms with E-state index in [-0.39, 0.29) is 25.4 Å². The molecule has 0 radical (unpaired) electrons. The van der Waals surface area contributed by atoms with Crippen molar-refractivity contribution in [3.05, 3.63) is 72.1 Å². The minimum atomic E-state index is -0.533. The summed E-state index contributed by atoms with van der Waals surface area (Å²) in [7, 11) is 0. The number of amides is 1. The van der Waals surface area contributed by atoms with Gasteiger partial charge in [0.05, 0.1) is 34.4 Å². The molecule has 0 unspecified atom stereocenters. The van der Waals surface area contributed by atoms with E-state index in [1.54, 1.807) is 6.20 Å². The van der Waals surface area contributed by atoms with Crippen LogP contribution < -0.4 is 5.32 Å². The molecular formula is C24H28N4OS. The molecule has 1 aliphatic heterocycles. The molecule has 6 heteroatoms. The maximum atomic E-state index is 13.4. The van der Waals surface area contributed by atoms with Crippen molar-refractivity contribution >= 4 is 30.4 Å². The summed E-state index contributed by atoms with van der Waals surface area (Å²) in [4.78, 5) is 25.2. The maximum absolute atomic E-state index is 13.4. The van der Waals surface area contributed by atoms with Crippen LogP contribution in [-0.4, -0.2) is 40.4 Å². The van der Waals surface area contributed by atoms with E-state index in [4.69, 9.17) is 4.98 Å². The number of aromatic nitrogens is 2. The SMILES string of the molecule is O=C(N[C@H](CN1CCCC1)c1ccccc1)C1(c2cnc3ccccc3n2)CC1.S. The largest absolute Gasteiger partial charge is 0.347 e. The third-order valence-corrected chi connectivity index (χ3v) is 6.27. The van der Waals surface area contributed by atoms with Gasteiger partial charge in [-0.25, -0.2) is 4.98 Å². The summed E-state index contributed by atoms with van der Waals surface area (Å²) in [6, 6.07) is 18.1. The van der Waals surface area contributed by atoms with Crippen LogP contribution in [0.4, 0.5) is 0 Å². The molecule has 5 rings (SSSR count). The van der Waals surface area contributed by atoms with E-state index in [1.165, 1.54) is 12.8 Å². The molecule has 0 bridgehead atoms. The lowest BCUT2D eigenvalue weighted by Gasteiger charge is -2.27. The summed E-state index contributed by atoms with van der Waals surface area (Å²) < 4.78 is 0. The number of hydrogen-bond donors (Lipinski definition) is 1. The lowest BCUT2D eigenvalue weighted by Crippen LogP contribution is -2.42. The fourth-order valence-corrected chi connectivity index (χ4v) is 4.35. The van der Waals surface area contributed by atoms with E-state index in [2.05, 4.69) is 27.3 Å². The Morgan fingerprint density at radius 2 is 1.67 bits per heavy atom. The normalized spacial score (nSPS) is 18.5. The van der Waals surface area contributed by atoms with Gasteiger partial charge < -0.3 is 10.2 Å². The van der Waals surface area contributed by atoms with E-state index in [9.17, 15) is 4.79 Å². The van der Waals surface area contributed by atoms with Crippen molar-refractivity contribution in [2.45, 2.75) is 37.1 Å². The fraction of sp³-hybridized carbons (Fsp3) is 0.375. The summed E-state index contributed by atoms with van der Waals surface area (Å²) in [6.45, 7) is 3.08. The van der Waals surface area contributed by atoms with E-state index in [0.29, 0.717) is 0 Å². The first kappa shape index (κ1) is 20.8. The van der Waals surface area contributed by atoms with Crippen molar-refractivity contribution in [3.8, 4) is 0 Å². The zero-order valence-electron chi connectivity index (χ0n) is 17.1. The van der Waals surface area contributed by atoms with Crippen molar-refractivity contribution in [3.63, 3.8) is 0 Å². The monoisotopic (exact) mass is 420 g/mol. The van der Waals surface area contributed by atoms with Gasteiger partial charge >= 0.3 is 0 Å². The van der Waals surface area contributed by atoms with Crippen molar-refractivity contribution in [2.24, 2.45) is 0 Å². The molecule has 1 amide bonds. The van der Waals surface area contributed by atoms with Gasteiger partial charge in [-0.2, -0.15) is 13.5 Å². The first-order valence-corrected chi connectivity index (χ1v) is 10.6. The molecule has 1 aliphatic carbocycles. The highest BCUT2D eigenvalue weighted by atomic mass is 32.1. The van der Waals surface area contributed by atoms with Gasteiger partial charge in [0.25, 0.3) is 0 Å². The average molecular weight is 421 g/mol. The summed E-state index contributed by atoms with van der Waals surface area (Å²) in [5.41, 5.74) is 3.13. The lowest BCUT2D eigenvalue weighted by molar-refractivity contribution is -0.124. The second kappa shape index (κ2) is 8.74. The Morgan fingerprint density at radius 3 is 2.37 bits per heavy atom. The number of likely N-dealkylation sites (tertiary alicyclic amines) is 1. The van der Waals surface area contributed by atoms with Gasteiger partial charge in [0.2, 0.25) is 5.91 Å². The van der Waals surface area contributed by atoms with Gasteiger partial charge in [-0.05, 0) is 56.5 Å². The van der Waals surface area contributed by atoms with Gasteiger partial charge in [-0.1, -0.05) is 42.5 Å². The Kier molecular flexibility index (Phi) is 6.06. The number of nitrogens with zero attached hydrogens (tertiary/aromatic N) is 3. The van der Waals surface area contributed by atoms with Crippen LogP contribution in [0.15, 0.2) is 60.8 Å². The van der Waals surface area contributed by atoms with Crippen LogP contribution in [0.5, 0.6) is 0 Å². The van der Waals surface area contributed by atoms with Gasteiger partial charge in [-0.3, -0.25) is 9.78 Å². The quantitative estimate of drug-likeness (QED) is 0.660. The molecule has 1 aromatic heterocycles. The zero-order valence-corrected chi connectivity index (χ0v) is 18.1. The number of para-hydroxylation sites is 2. The van der Waals surface area contributed by atoms with Gasteiger partial charge in [0.1, 0.15) is 0 Å². The second-order valence-electron chi connectivity index (χ2n) is 8.27. The van der Waals surface area contributed by atoms with Crippen LogP contribution in [-0.2, 0) is 10.2 Å². The molecule has 1 atom stereocenters. The molecule has 30 heavy (non-hydrogen) atoms. The smallest absolute Gasteiger partial charge is 0.232 e. The number of benzene rings is 2. The van der Waals surface area contributed by atoms with E-state index in [0.717, 1.165) is 54.8 Å². The van der Waals surface area contributed by atoms with Crippen molar-refractivity contribution in [2.75, 3.05) is 19.6 Å². The highest BCUT2D eigenvalue weighted by Crippen LogP contribution is 2.48. The molecule has 156 valence electrons. The number of carbonyl (C=O) groups is 1. The van der Waals surface area contributed by atoms with E-state index < -0.39 is 5.41 Å². The minimum absolute atomic E-state index is 0. The first-order valence-electron chi connectivity index (χ1n) is 10.6. The number of hydrogen-bond acceptors (Lipinski definition) is 4. The van der Waals surface area contributed by atoms with Crippen molar-refractivity contribution in [1.29, 1.82) is 0 Å². The number of carbonyl (C=O) groups excluding carboxylic acids is 1. The summed E-state index contributed by atoms with van der Waals surface area (Å²) in [5, 5.41) is 3.36. The molecule has 2 aliphatic rings. The van der Waals surface area contributed by atoms with Crippen LogP contribution in [0.3, 0.4) is 0 Å². The van der Waals surface area contributed by atoms with Crippen molar-refractivity contribution < 1.29 is 4.79 Å². The number of fused-ring (bicyclic) bond motifs is 1. The zero-order chi connectivity index (χ0) is 19.7. The summed E-state index contributed by atoms with van der Waals surface area (Å²) >= 11 is 0. The first-order chi connectivity index (χ1) is 14.2. The van der Waals surface area contributed by atoms with Crippen molar-refractivity contribution in [1.82, 2.24) is 20.2 Å². The van der Waals surface area contributed by atoms with Crippen LogP contribution in [0.1, 0.15) is 43.0 Å². The fourth-order valence-electron chi connectivity index (χ4n) is 4.35. The molecule has 2 aromatic carbocycles. The van der Waals surface area contributed by atoms with E-state index >= 15 is 0 Å². The highest BCUT2D eigenvalue weighted by Gasteiger charge is 2.53. The maximum Gasteiger partial charge on any atom is 0.232 e. The van der Waals surface area contributed by atoms with Gasteiger partial charge in [-0.15, -0.1) is 0 Å². The molecule has 2 fully saturated rings. The second-order valence-corrected chi connectivity index (χ2v) is 8.27. The lowest BCUT2D eigenvalue weighted by atomic mass is 9.99. The van der Waals surface area contributed by atoms with Crippen LogP contribution in [0.2, 0.25) is 0 Å². The van der Waals surface area contributed by atoms with E-state index in [1.807, 2.05) is 42.5 Å². The Bertz CT molecular complexity index is 1020. The predicted molar refractivity (Wildman–Crippen MR) is 124 cm³/mol. The molecule has 3 aromatic rings. The molecule has 2 heterocycles. The molecule has 1 saturated carbocycles. The molecule has 0 spiro atoms. The standard InChI is InChI=1S/C24H26N4O.H2S/c29-23(24(12-13-24)22-16-25-19-10-4-5-11-20(19)26-22)27-21(17-28-14-6-7-15-28)18-8-2-1-3-9-18;/h1-5,8-11,16,21H,6-7,12-15,17H2,(H,27,29);1H2/t21-;/m1./s1. The molecule has 1 saturated heterocycles. The summed E-state index contributed by atoms with van der Waals surface area (Å²) in [5.74, 6) is 0.0788. The average Bonchev–Trinajstić information content (AvgIpc) is 3.43. The molecular weight excluding hydrogens is 392 g/mol. The number of rotatable bonds is 6. The van der Waals surface area contributed by atoms with Crippen LogP contribution in [0.25, 0.3) is 11.0 Å². The Labute approximate surface area is 184 Å². The predicted octanol–water partition coefficient (Wildman–Crippen LogP) is 3.73. The highest BCUT2D eigenvalue weighted by molar-refractivity contribution is 7.59. The molecule has 5 nitrogen and oxygen atoms in total. The van der Waals surface area contributed by atoms with Crippen LogP contribution in [0, 0.1) is 0 Å². The molecule has 1 N–H and O–H groups in total. The van der Waals surface area contributed by atoms with Crippen LogP contribution >= 0.6 is 13.5 Å². The van der Waals surface area contributed by atoms with Gasteiger partial charge in [0, 0.05) is 6.54 Å². The Balaban J connectivity index is 0.00000218. The third-order valence-electron chi connectivity index (χ3n) is 6.27. The summed E-state index contributed by atoms with van der Waals surface area (Å²) in [6.07, 6.45) is 5.93. The Hall–Kier alpha value is -2.44. The third kappa shape index (κ3) is 4.07. The minimum Gasteiger partial charge on any atom is -0.347 e. The van der Waals surface area contributed by atoms with Gasteiger partial charge in [0.15, 0.2) is 0 Å².